The Kier molecular flexibility index (Phi) is 4.87. The van der Waals surface area contributed by atoms with Gasteiger partial charge in [0.2, 0.25) is 0 Å². The maximum absolute atomic E-state index is 6.56. The lowest BCUT2D eigenvalue weighted by Gasteiger charge is -2.29. The molecule has 0 spiro atoms. The van der Waals surface area contributed by atoms with E-state index in [-0.39, 0.29) is 0 Å². The Labute approximate surface area is 162 Å². The van der Waals surface area contributed by atoms with Crippen molar-refractivity contribution in [3.63, 3.8) is 0 Å². The van der Waals surface area contributed by atoms with Crippen molar-refractivity contribution in [3.8, 4) is 5.75 Å². The molecule has 2 aliphatic rings. The summed E-state index contributed by atoms with van der Waals surface area (Å²) in [7, 11) is 0. The van der Waals surface area contributed by atoms with Crippen molar-refractivity contribution in [1.82, 2.24) is 4.58 Å². The van der Waals surface area contributed by atoms with E-state index in [9.17, 15) is 0 Å². The molecule has 3 nitrogen and oxygen atoms in total. The van der Waals surface area contributed by atoms with Crippen molar-refractivity contribution in [2.24, 2.45) is 0 Å². The Morgan fingerprint density at radius 3 is 2.72 bits per heavy atom. The third-order valence-corrected chi connectivity index (χ3v) is 5.62. The van der Waals surface area contributed by atoms with Gasteiger partial charge in [0, 0.05) is 27.9 Å². The van der Waals surface area contributed by atoms with Gasteiger partial charge in [0.05, 0.1) is 18.6 Å². The Morgan fingerprint density at radius 1 is 1.24 bits per heavy atom. The second-order valence-corrected chi connectivity index (χ2v) is 7.86. The number of nitrogens with zero attached hydrogens (tertiary/aromatic N) is 1. The van der Waals surface area contributed by atoms with Crippen LogP contribution in [0.4, 0.5) is 0 Å². The monoisotopic (exact) mass is 396 g/mol. The number of hydrogen-bond donors (Lipinski definition) is 0. The van der Waals surface area contributed by atoms with Gasteiger partial charge in [-0.3, -0.25) is 4.84 Å². The molecule has 2 aromatic carbocycles. The largest absolute Gasteiger partial charge is 0.492 e. The van der Waals surface area contributed by atoms with Crippen LogP contribution in [0, 0.1) is 6.07 Å². The molecule has 1 aliphatic carbocycles. The van der Waals surface area contributed by atoms with Gasteiger partial charge in [-0.05, 0) is 42.0 Å². The van der Waals surface area contributed by atoms with E-state index in [1.54, 1.807) is 0 Å². The van der Waals surface area contributed by atoms with E-state index < -0.39 is 5.41 Å². The molecule has 131 valence electrons. The van der Waals surface area contributed by atoms with E-state index in [1.165, 1.54) is 17.4 Å². The Bertz CT molecular complexity index is 767. The molecule has 1 radical (unpaired) electrons. The van der Waals surface area contributed by atoms with Crippen molar-refractivity contribution in [2.75, 3.05) is 19.8 Å². The number of rotatable bonds is 5. The van der Waals surface area contributed by atoms with Crippen LogP contribution < -0.4 is 4.74 Å². The van der Waals surface area contributed by atoms with Crippen molar-refractivity contribution >= 4 is 35.0 Å². The highest BCUT2D eigenvalue weighted by Gasteiger charge is 2.44. The lowest BCUT2D eigenvalue weighted by atomic mass is 9.81. The summed E-state index contributed by atoms with van der Waals surface area (Å²) in [5.74, 6) is 1.21. The van der Waals surface area contributed by atoms with Crippen LogP contribution in [0.25, 0.3) is 0 Å². The SMILES string of the molecule is Clc1cc(Cl)c(C2(COc3[c]cccc3)CON(Cl)C2)cc1C1CC1. The summed E-state index contributed by atoms with van der Waals surface area (Å²) >= 11 is 19.1. The molecule has 25 heavy (non-hydrogen) atoms. The highest BCUT2D eigenvalue weighted by atomic mass is 35.5. The number of hydroxylamine groups is 1. The molecule has 1 aliphatic heterocycles. The van der Waals surface area contributed by atoms with Gasteiger partial charge in [0.15, 0.2) is 0 Å². The maximum Gasteiger partial charge on any atom is 0.127 e. The topological polar surface area (TPSA) is 21.7 Å². The number of halogens is 3. The molecule has 1 unspecified atom stereocenters. The van der Waals surface area contributed by atoms with Crippen molar-refractivity contribution < 1.29 is 9.57 Å². The molecule has 1 saturated heterocycles. The van der Waals surface area contributed by atoms with Gasteiger partial charge >= 0.3 is 0 Å². The molecule has 6 heteroatoms. The first kappa shape index (κ1) is 17.4. The van der Waals surface area contributed by atoms with Gasteiger partial charge in [-0.1, -0.05) is 52.0 Å². The van der Waals surface area contributed by atoms with E-state index in [2.05, 4.69) is 12.1 Å². The van der Waals surface area contributed by atoms with E-state index in [4.69, 9.17) is 44.6 Å². The van der Waals surface area contributed by atoms with Crippen molar-refractivity contribution in [2.45, 2.75) is 24.2 Å². The average Bonchev–Trinajstić information content (AvgIpc) is 3.37. The van der Waals surface area contributed by atoms with Crippen LogP contribution in [0.15, 0.2) is 36.4 Å². The molecular weight excluding hydrogens is 381 g/mol. The minimum absolute atomic E-state index is 0.391. The summed E-state index contributed by atoms with van der Waals surface area (Å²) in [6, 6.07) is 14.5. The zero-order chi connectivity index (χ0) is 17.4. The van der Waals surface area contributed by atoms with Crippen LogP contribution >= 0.6 is 35.0 Å². The summed E-state index contributed by atoms with van der Waals surface area (Å²) < 4.78 is 7.30. The van der Waals surface area contributed by atoms with Gasteiger partial charge in [0.25, 0.3) is 0 Å². The van der Waals surface area contributed by atoms with Gasteiger partial charge < -0.3 is 4.74 Å². The summed E-state index contributed by atoms with van der Waals surface area (Å²) in [5, 5.41) is 1.34. The maximum atomic E-state index is 6.56. The third kappa shape index (κ3) is 3.62. The molecular formula is C19H17Cl3NO2. The van der Waals surface area contributed by atoms with Crippen molar-refractivity contribution in [3.05, 3.63) is 63.6 Å². The Hall–Kier alpha value is -0.970. The third-order valence-electron chi connectivity index (χ3n) is 4.77. The smallest absolute Gasteiger partial charge is 0.127 e. The number of ether oxygens (including phenoxy) is 1. The molecule has 1 heterocycles. The number of benzene rings is 2. The molecule has 1 atom stereocenters. The van der Waals surface area contributed by atoms with Crippen LogP contribution in [0.2, 0.25) is 10.0 Å². The Morgan fingerprint density at radius 2 is 2.08 bits per heavy atom. The first-order chi connectivity index (χ1) is 12.1. The molecule has 2 aromatic rings. The minimum atomic E-state index is -0.462. The Balaban J connectivity index is 1.68. The zero-order valence-electron chi connectivity index (χ0n) is 13.5. The second-order valence-electron chi connectivity index (χ2n) is 6.67. The predicted molar refractivity (Wildman–Crippen MR) is 99.4 cm³/mol. The fourth-order valence-electron chi connectivity index (χ4n) is 3.21. The lowest BCUT2D eigenvalue weighted by Crippen LogP contribution is -2.38. The predicted octanol–water partition coefficient (Wildman–Crippen LogP) is 5.39. The summed E-state index contributed by atoms with van der Waals surface area (Å²) in [6.07, 6.45) is 2.34. The molecule has 2 fully saturated rings. The second kappa shape index (κ2) is 6.98. The molecule has 4 rings (SSSR count). The summed E-state index contributed by atoms with van der Waals surface area (Å²) in [5.41, 5.74) is 1.66. The zero-order valence-corrected chi connectivity index (χ0v) is 15.7. The molecule has 0 amide bonds. The molecule has 1 saturated carbocycles. The van der Waals surface area contributed by atoms with Crippen molar-refractivity contribution in [1.29, 1.82) is 0 Å². The fraction of sp³-hybridized carbons (Fsp3) is 0.368. The quantitative estimate of drug-likeness (QED) is 0.631. The van der Waals surface area contributed by atoms with E-state index >= 15 is 0 Å². The average molecular weight is 398 g/mol. The standard InChI is InChI=1S/C19H17Cl3NO2/c20-17-9-18(21)16(8-15(17)13-6-7-13)19(10-23(22)25-12-19)11-24-14-4-2-1-3-5-14/h1-4,8-9,13H,6-7,10-12H2. The minimum Gasteiger partial charge on any atom is -0.492 e. The first-order valence-electron chi connectivity index (χ1n) is 8.23. The summed E-state index contributed by atoms with van der Waals surface area (Å²) in [4.78, 5) is 5.53. The van der Waals surface area contributed by atoms with E-state index in [0.717, 1.165) is 16.1 Å². The molecule has 0 N–H and O–H groups in total. The lowest BCUT2D eigenvalue weighted by molar-refractivity contribution is -0.0295. The van der Waals surface area contributed by atoms with Gasteiger partial charge in [-0.15, -0.1) is 0 Å². The fourth-order valence-corrected chi connectivity index (χ4v) is 4.23. The van der Waals surface area contributed by atoms with E-state index in [1.807, 2.05) is 30.3 Å². The van der Waals surface area contributed by atoms with Crippen LogP contribution in [0.3, 0.4) is 0 Å². The van der Waals surface area contributed by atoms with E-state index in [0.29, 0.717) is 36.4 Å². The molecule has 0 aromatic heterocycles. The highest BCUT2D eigenvalue weighted by molar-refractivity contribution is 6.35. The van der Waals surface area contributed by atoms with Crippen LogP contribution in [0.5, 0.6) is 5.75 Å². The summed E-state index contributed by atoms with van der Waals surface area (Å²) in [6.45, 7) is 1.27. The van der Waals surface area contributed by atoms with Crippen LogP contribution in [-0.4, -0.2) is 24.3 Å². The highest BCUT2D eigenvalue weighted by Crippen LogP contribution is 2.47. The normalized spacial score (nSPS) is 23.8. The van der Waals surface area contributed by atoms with Crippen LogP contribution in [-0.2, 0) is 10.3 Å². The van der Waals surface area contributed by atoms with Gasteiger partial charge in [0.1, 0.15) is 12.4 Å². The van der Waals surface area contributed by atoms with Gasteiger partial charge in [-0.25, -0.2) is 0 Å². The number of para-hydroxylation sites is 1. The number of hydrogen-bond acceptors (Lipinski definition) is 3. The van der Waals surface area contributed by atoms with Crippen LogP contribution in [0.1, 0.15) is 29.9 Å². The van der Waals surface area contributed by atoms with Gasteiger partial charge in [-0.2, -0.15) is 0 Å². The molecule has 0 bridgehead atoms. The first-order valence-corrected chi connectivity index (χ1v) is 9.32.